The Labute approximate surface area is 174 Å². The highest BCUT2D eigenvalue weighted by Gasteiger charge is 2.09. The van der Waals surface area contributed by atoms with Crippen LogP contribution in [-0.2, 0) is 6.61 Å². The molecule has 1 aromatic heterocycles. The molecule has 0 unspecified atom stereocenters. The third-order valence-corrected chi connectivity index (χ3v) is 4.80. The lowest BCUT2D eigenvalue weighted by Crippen LogP contribution is -2.02. The number of hydrogen-bond donors (Lipinski definition) is 0. The van der Waals surface area contributed by atoms with Gasteiger partial charge in [0.15, 0.2) is 0 Å². The summed E-state index contributed by atoms with van der Waals surface area (Å²) in [6.07, 6.45) is 3.88. The van der Waals surface area contributed by atoms with Crippen LogP contribution >= 0.6 is 11.6 Å². The minimum absolute atomic E-state index is 0.316. The van der Waals surface area contributed by atoms with Crippen LogP contribution < -0.4 is 9.47 Å². The number of aromatic nitrogens is 2. The van der Waals surface area contributed by atoms with E-state index < -0.39 is 0 Å². The number of hydrogen-bond acceptors (Lipinski definition) is 4. The molecule has 0 N–H and O–H groups in total. The maximum Gasteiger partial charge on any atom is 0.240 e. The van der Waals surface area contributed by atoms with Crippen LogP contribution in [-0.4, -0.2) is 17.1 Å². The largest absolute Gasteiger partial charge is 0.497 e. The van der Waals surface area contributed by atoms with Gasteiger partial charge < -0.3 is 9.47 Å². The topological polar surface area (TPSA) is 44.2 Å². The molecular formula is C24H19ClN2O2. The number of para-hydroxylation sites is 2. The van der Waals surface area contributed by atoms with Gasteiger partial charge in [-0.25, -0.2) is 9.97 Å². The highest BCUT2D eigenvalue weighted by molar-refractivity contribution is 6.31. The van der Waals surface area contributed by atoms with E-state index in [0.717, 1.165) is 27.9 Å². The zero-order valence-corrected chi connectivity index (χ0v) is 16.6. The van der Waals surface area contributed by atoms with Crippen molar-refractivity contribution in [3.05, 3.63) is 94.6 Å². The molecule has 4 aromatic rings. The summed E-state index contributed by atoms with van der Waals surface area (Å²) in [5.41, 5.74) is 4.17. The van der Waals surface area contributed by atoms with Crippen molar-refractivity contribution in [2.24, 2.45) is 0 Å². The Kier molecular flexibility index (Phi) is 5.73. The highest BCUT2D eigenvalue weighted by Crippen LogP contribution is 2.24. The van der Waals surface area contributed by atoms with Gasteiger partial charge in [-0.15, -0.1) is 0 Å². The molecular weight excluding hydrogens is 384 g/mol. The lowest BCUT2D eigenvalue weighted by Gasteiger charge is -2.10. The molecule has 0 bridgehead atoms. The first-order valence-electron chi connectivity index (χ1n) is 9.18. The summed E-state index contributed by atoms with van der Waals surface area (Å²) in [5.74, 6) is 1.28. The van der Waals surface area contributed by atoms with Gasteiger partial charge in [0.25, 0.3) is 0 Å². The fraction of sp³-hybridized carbons (Fsp3) is 0.0833. The van der Waals surface area contributed by atoms with Gasteiger partial charge in [0.05, 0.1) is 18.1 Å². The second-order valence-corrected chi connectivity index (χ2v) is 6.80. The molecule has 0 aliphatic heterocycles. The zero-order chi connectivity index (χ0) is 20.1. The van der Waals surface area contributed by atoms with Crippen LogP contribution in [0.2, 0.25) is 5.02 Å². The number of halogens is 1. The lowest BCUT2D eigenvalue weighted by molar-refractivity contribution is 0.293. The molecule has 4 nitrogen and oxygen atoms in total. The Hall–Kier alpha value is -3.37. The summed E-state index contributed by atoms with van der Waals surface area (Å²) < 4.78 is 11.2. The van der Waals surface area contributed by atoms with Gasteiger partial charge in [0, 0.05) is 10.6 Å². The number of rotatable bonds is 6. The number of nitrogens with zero attached hydrogens (tertiary/aromatic N) is 2. The lowest BCUT2D eigenvalue weighted by atomic mass is 10.2. The summed E-state index contributed by atoms with van der Waals surface area (Å²) in [5, 5.41) is 0.663. The van der Waals surface area contributed by atoms with Crippen molar-refractivity contribution < 1.29 is 9.47 Å². The molecule has 0 aliphatic rings. The van der Waals surface area contributed by atoms with E-state index in [4.69, 9.17) is 26.1 Å². The summed E-state index contributed by atoms with van der Waals surface area (Å²) in [4.78, 5) is 9.39. The average molecular weight is 403 g/mol. The number of ether oxygens (including phenoxy) is 2. The van der Waals surface area contributed by atoms with E-state index in [-0.39, 0.29) is 0 Å². The van der Waals surface area contributed by atoms with Crippen molar-refractivity contribution in [2.45, 2.75) is 6.61 Å². The van der Waals surface area contributed by atoms with E-state index in [1.165, 1.54) is 0 Å². The van der Waals surface area contributed by atoms with E-state index in [0.29, 0.717) is 23.2 Å². The minimum atomic E-state index is 0.316. The molecule has 3 aromatic carbocycles. The Morgan fingerprint density at radius 1 is 0.828 bits per heavy atom. The van der Waals surface area contributed by atoms with Crippen LogP contribution in [0.1, 0.15) is 16.8 Å². The summed E-state index contributed by atoms with van der Waals surface area (Å²) >= 11 is 6.25. The Bertz CT molecular complexity index is 1160. The average Bonchev–Trinajstić information content (AvgIpc) is 2.77. The quantitative estimate of drug-likeness (QED) is 0.394. The van der Waals surface area contributed by atoms with E-state index >= 15 is 0 Å². The van der Waals surface area contributed by atoms with E-state index in [1.54, 1.807) is 7.11 Å². The van der Waals surface area contributed by atoms with E-state index in [9.17, 15) is 0 Å². The molecule has 0 saturated carbocycles. The standard InChI is InChI=1S/C24H19ClN2O2/c1-28-19-13-10-17(11-14-19)12-15-23-24(27-22-9-5-4-8-21(22)26-23)29-16-18-6-2-3-7-20(18)25/h2-15H,16H2,1H3. The molecule has 29 heavy (non-hydrogen) atoms. The molecule has 5 heteroatoms. The van der Waals surface area contributed by atoms with Crippen LogP contribution in [0, 0.1) is 0 Å². The number of fused-ring (bicyclic) bond motifs is 1. The molecule has 0 aliphatic carbocycles. The third-order valence-electron chi connectivity index (χ3n) is 4.44. The molecule has 4 rings (SSSR count). The van der Waals surface area contributed by atoms with Gasteiger partial charge in [0.2, 0.25) is 5.88 Å². The molecule has 0 spiro atoms. The first-order chi connectivity index (χ1) is 14.2. The van der Waals surface area contributed by atoms with Gasteiger partial charge in [-0.1, -0.05) is 60.1 Å². The summed E-state index contributed by atoms with van der Waals surface area (Å²) in [6, 6.07) is 23.1. The van der Waals surface area contributed by atoms with Gasteiger partial charge in [-0.3, -0.25) is 0 Å². The molecule has 0 saturated heterocycles. The van der Waals surface area contributed by atoms with Gasteiger partial charge >= 0.3 is 0 Å². The second kappa shape index (κ2) is 8.76. The van der Waals surface area contributed by atoms with E-state index in [2.05, 4.69) is 4.98 Å². The van der Waals surface area contributed by atoms with Gasteiger partial charge in [-0.05, 0) is 42.0 Å². The molecule has 144 valence electrons. The Morgan fingerprint density at radius 3 is 2.24 bits per heavy atom. The zero-order valence-electron chi connectivity index (χ0n) is 15.9. The van der Waals surface area contributed by atoms with Crippen LogP contribution in [0.3, 0.4) is 0 Å². The summed E-state index contributed by atoms with van der Waals surface area (Å²) in [7, 11) is 1.65. The van der Waals surface area contributed by atoms with Crippen molar-refractivity contribution >= 4 is 34.8 Å². The maximum atomic E-state index is 6.25. The molecule has 0 radical (unpaired) electrons. The van der Waals surface area contributed by atoms with Crippen molar-refractivity contribution in [3.8, 4) is 11.6 Å². The highest BCUT2D eigenvalue weighted by atomic mass is 35.5. The van der Waals surface area contributed by atoms with Crippen LogP contribution in [0.4, 0.5) is 0 Å². The van der Waals surface area contributed by atoms with Crippen molar-refractivity contribution in [3.63, 3.8) is 0 Å². The van der Waals surface area contributed by atoms with Crippen molar-refractivity contribution in [1.82, 2.24) is 9.97 Å². The minimum Gasteiger partial charge on any atom is -0.497 e. The van der Waals surface area contributed by atoms with E-state index in [1.807, 2.05) is 84.9 Å². The smallest absolute Gasteiger partial charge is 0.240 e. The van der Waals surface area contributed by atoms with Crippen LogP contribution in [0.15, 0.2) is 72.8 Å². The SMILES string of the molecule is COc1ccc(C=Cc2nc3ccccc3nc2OCc2ccccc2Cl)cc1. The van der Waals surface area contributed by atoms with Crippen LogP contribution in [0.5, 0.6) is 11.6 Å². The van der Waals surface area contributed by atoms with Crippen molar-refractivity contribution in [2.75, 3.05) is 7.11 Å². The first-order valence-corrected chi connectivity index (χ1v) is 9.56. The predicted octanol–water partition coefficient (Wildman–Crippen LogP) is 6.04. The Balaban J connectivity index is 1.65. The molecule has 0 atom stereocenters. The monoisotopic (exact) mass is 402 g/mol. The number of methoxy groups -OCH3 is 1. The van der Waals surface area contributed by atoms with Gasteiger partial charge in [0.1, 0.15) is 18.1 Å². The molecule has 0 fully saturated rings. The maximum absolute atomic E-state index is 6.25. The summed E-state index contributed by atoms with van der Waals surface area (Å²) in [6.45, 7) is 0.316. The van der Waals surface area contributed by atoms with Crippen LogP contribution in [0.25, 0.3) is 23.2 Å². The van der Waals surface area contributed by atoms with Gasteiger partial charge in [-0.2, -0.15) is 0 Å². The fourth-order valence-corrected chi connectivity index (χ4v) is 3.05. The second-order valence-electron chi connectivity index (χ2n) is 6.39. The normalized spacial score (nSPS) is 11.1. The molecule has 1 heterocycles. The fourth-order valence-electron chi connectivity index (χ4n) is 2.86. The number of benzene rings is 3. The van der Waals surface area contributed by atoms with Crippen molar-refractivity contribution in [1.29, 1.82) is 0 Å². The Morgan fingerprint density at radius 2 is 1.52 bits per heavy atom. The first kappa shape index (κ1) is 19.0. The molecule has 0 amide bonds. The predicted molar refractivity (Wildman–Crippen MR) is 117 cm³/mol. The third kappa shape index (κ3) is 4.55.